The van der Waals surface area contributed by atoms with Gasteiger partial charge < -0.3 is 36.8 Å². The summed E-state index contributed by atoms with van der Waals surface area (Å²) in [5.74, 6) is -4.10. The highest BCUT2D eigenvalue weighted by Crippen LogP contribution is 2.10. The maximum Gasteiger partial charge on any atom is 0.408 e. The summed E-state index contributed by atoms with van der Waals surface area (Å²) >= 11 is 0. The molecule has 41 heavy (non-hydrogen) atoms. The highest BCUT2D eigenvalue weighted by atomic mass is 16.5. The van der Waals surface area contributed by atoms with Crippen LogP contribution in [0, 0.1) is 11.8 Å². The molecule has 0 aliphatic rings. The third-order valence-electron chi connectivity index (χ3n) is 5.91. The molecule has 0 spiro atoms. The molecule has 0 fully saturated rings. The molecule has 0 unspecified atom stereocenters. The van der Waals surface area contributed by atoms with Gasteiger partial charge in [-0.05, 0) is 43.6 Å². The number of carboxylic acids is 1. The number of rotatable bonds is 17. The lowest BCUT2D eigenvalue weighted by Gasteiger charge is -2.26. The van der Waals surface area contributed by atoms with E-state index in [1.54, 1.807) is 12.1 Å². The van der Waals surface area contributed by atoms with Crippen LogP contribution in [0.3, 0.4) is 0 Å². The molecule has 0 saturated carbocycles. The summed E-state index contributed by atoms with van der Waals surface area (Å²) in [5.41, 5.74) is 5.84. The van der Waals surface area contributed by atoms with Gasteiger partial charge in [-0.25, -0.2) is 9.59 Å². The number of amides is 5. The Morgan fingerprint density at radius 3 is 1.78 bits per heavy atom. The number of carboxylic acid groups (broad SMARTS) is 1. The number of ether oxygens (including phenoxy) is 1. The second-order valence-corrected chi connectivity index (χ2v) is 10.7. The molecule has 0 aromatic heterocycles. The van der Waals surface area contributed by atoms with Crippen molar-refractivity contribution in [3.05, 3.63) is 35.9 Å². The average Bonchev–Trinajstić information content (AvgIpc) is 2.88. The minimum absolute atomic E-state index is 0.0201. The molecule has 13 nitrogen and oxygen atoms in total. The summed E-state index contributed by atoms with van der Waals surface area (Å²) in [7, 11) is 0. The monoisotopic (exact) mass is 577 g/mol. The van der Waals surface area contributed by atoms with Gasteiger partial charge in [0.1, 0.15) is 30.8 Å². The molecule has 0 aliphatic heterocycles. The van der Waals surface area contributed by atoms with Gasteiger partial charge in [-0.2, -0.15) is 0 Å². The summed E-state index contributed by atoms with van der Waals surface area (Å²) in [4.78, 5) is 73.7. The molecule has 1 aromatic carbocycles. The molecule has 5 amide bonds. The number of primary amides is 1. The van der Waals surface area contributed by atoms with Gasteiger partial charge in [0.15, 0.2) is 0 Å². The molecule has 0 aliphatic carbocycles. The summed E-state index contributed by atoms with van der Waals surface area (Å²) in [6.07, 6.45) is -0.723. The van der Waals surface area contributed by atoms with Gasteiger partial charge >= 0.3 is 12.1 Å². The molecule has 0 bridgehead atoms. The average molecular weight is 578 g/mol. The van der Waals surface area contributed by atoms with Crippen molar-refractivity contribution in [2.75, 3.05) is 0 Å². The minimum atomic E-state index is -1.37. The van der Waals surface area contributed by atoms with E-state index in [4.69, 9.17) is 10.5 Å². The molecule has 0 saturated heterocycles. The van der Waals surface area contributed by atoms with Crippen molar-refractivity contribution < 1.29 is 38.6 Å². The van der Waals surface area contributed by atoms with Crippen molar-refractivity contribution >= 4 is 35.7 Å². The maximum atomic E-state index is 13.2. The van der Waals surface area contributed by atoms with E-state index in [-0.39, 0.29) is 44.1 Å². The minimum Gasteiger partial charge on any atom is -0.480 e. The third-order valence-corrected chi connectivity index (χ3v) is 5.91. The lowest BCUT2D eigenvalue weighted by atomic mass is 10.00. The Kier molecular flexibility index (Phi) is 14.9. The number of hydrogen-bond acceptors (Lipinski definition) is 7. The fourth-order valence-electron chi connectivity index (χ4n) is 3.81. The second-order valence-electron chi connectivity index (χ2n) is 10.7. The Labute approximate surface area is 240 Å². The molecule has 228 valence electrons. The van der Waals surface area contributed by atoms with Gasteiger partial charge in [0, 0.05) is 6.42 Å². The van der Waals surface area contributed by atoms with Crippen LogP contribution in [0.1, 0.15) is 65.9 Å². The lowest BCUT2D eigenvalue weighted by molar-refractivity contribution is -0.142. The van der Waals surface area contributed by atoms with Crippen molar-refractivity contribution in [3.8, 4) is 0 Å². The number of nitrogens with one attached hydrogen (secondary N) is 4. The van der Waals surface area contributed by atoms with Gasteiger partial charge in [-0.3, -0.25) is 19.2 Å². The fourth-order valence-corrected chi connectivity index (χ4v) is 3.81. The van der Waals surface area contributed by atoms with Crippen LogP contribution in [0.4, 0.5) is 4.79 Å². The first-order chi connectivity index (χ1) is 19.2. The zero-order valence-electron chi connectivity index (χ0n) is 24.3. The highest BCUT2D eigenvalue weighted by Gasteiger charge is 2.30. The largest absolute Gasteiger partial charge is 0.480 e. The van der Waals surface area contributed by atoms with E-state index in [0.717, 1.165) is 5.56 Å². The number of carbonyl (C=O) groups is 6. The fraction of sp³-hybridized carbons (Fsp3) is 0.571. The van der Waals surface area contributed by atoms with Crippen LogP contribution in [-0.2, 0) is 35.3 Å². The number of nitrogens with two attached hydrogens (primary N) is 1. The van der Waals surface area contributed by atoms with Crippen molar-refractivity contribution in [2.24, 2.45) is 17.6 Å². The van der Waals surface area contributed by atoms with Crippen LogP contribution in [0.2, 0.25) is 0 Å². The van der Waals surface area contributed by atoms with Gasteiger partial charge in [0.25, 0.3) is 0 Å². The molecule has 1 aromatic rings. The smallest absolute Gasteiger partial charge is 0.408 e. The normalized spacial score (nSPS) is 13.8. The van der Waals surface area contributed by atoms with Crippen LogP contribution in [0.25, 0.3) is 0 Å². The Bertz CT molecular complexity index is 1050. The van der Waals surface area contributed by atoms with E-state index in [2.05, 4.69) is 21.3 Å². The summed E-state index contributed by atoms with van der Waals surface area (Å²) < 4.78 is 5.24. The number of benzene rings is 1. The first kappa shape index (κ1) is 34.9. The maximum absolute atomic E-state index is 13.2. The number of carbonyl (C=O) groups excluding carboxylic acids is 5. The Morgan fingerprint density at radius 2 is 1.27 bits per heavy atom. The SMILES string of the molecule is CC(C)C[C@H](NC(=O)OCc1ccccc1)C(=O)N[C@@H](CC(C)C)C(=O)N[C@@H](C)C(=O)N[C@@H](CCC(N)=O)C(=O)O. The van der Waals surface area contributed by atoms with Gasteiger partial charge in [0.2, 0.25) is 23.6 Å². The van der Waals surface area contributed by atoms with Crippen molar-refractivity contribution in [2.45, 2.75) is 91.1 Å². The van der Waals surface area contributed by atoms with Crippen LogP contribution < -0.4 is 27.0 Å². The predicted molar refractivity (Wildman–Crippen MR) is 150 cm³/mol. The number of alkyl carbamates (subject to hydrolysis) is 1. The van der Waals surface area contributed by atoms with Crippen molar-refractivity contribution in [1.29, 1.82) is 0 Å². The zero-order chi connectivity index (χ0) is 31.1. The molecular formula is C28H43N5O8. The molecular weight excluding hydrogens is 534 g/mol. The van der Waals surface area contributed by atoms with Crippen molar-refractivity contribution in [1.82, 2.24) is 21.3 Å². The molecule has 7 N–H and O–H groups in total. The summed E-state index contributed by atoms with van der Waals surface area (Å²) in [6, 6.07) is 4.50. The summed E-state index contributed by atoms with van der Waals surface area (Å²) in [5, 5.41) is 19.3. The van der Waals surface area contributed by atoms with E-state index >= 15 is 0 Å². The topological polar surface area (TPSA) is 206 Å². The standard InChI is InChI=1S/C28H43N5O8/c1-16(2)13-21(25(36)30-18(5)24(35)31-20(27(38)39)11-12-23(29)34)32-26(37)22(14-17(3)4)33-28(40)41-15-19-9-7-6-8-10-19/h6-10,16-18,20-22H,11-15H2,1-5H3,(H2,29,34)(H,30,36)(H,31,35)(H,32,37)(H,33,40)(H,38,39)/t18-,20-,21-,22-/m0/s1. The molecule has 1 rings (SSSR count). The quantitative estimate of drug-likeness (QED) is 0.158. The Hall–Kier alpha value is -4.16. The van der Waals surface area contributed by atoms with E-state index in [1.165, 1.54) is 6.92 Å². The molecule has 0 radical (unpaired) electrons. The Balaban J connectivity index is 2.87. The molecule has 4 atom stereocenters. The van der Waals surface area contributed by atoms with Crippen LogP contribution in [0.15, 0.2) is 30.3 Å². The number of hydrogen-bond donors (Lipinski definition) is 6. The molecule has 13 heteroatoms. The predicted octanol–water partition coefficient (Wildman–Crippen LogP) is 1.20. The van der Waals surface area contributed by atoms with Gasteiger partial charge in [-0.1, -0.05) is 58.0 Å². The summed E-state index contributed by atoms with van der Waals surface area (Å²) in [6.45, 7) is 8.84. The first-order valence-corrected chi connectivity index (χ1v) is 13.6. The van der Waals surface area contributed by atoms with Crippen LogP contribution >= 0.6 is 0 Å². The first-order valence-electron chi connectivity index (χ1n) is 13.6. The van der Waals surface area contributed by atoms with E-state index in [0.29, 0.717) is 0 Å². The highest BCUT2D eigenvalue weighted by molar-refractivity contribution is 5.94. The van der Waals surface area contributed by atoms with Crippen molar-refractivity contribution in [3.63, 3.8) is 0 Å². The van der Waals surface area contributed by atoms with E-state index in [1.807, 2.05) is 45.9 Å². The second kappa shape index (κ2) is 17.5. The lowest BCUT2D eigenvalue weighted by Crippen LogP contribution is -2.57. The van der Waals surface area contributed by atoms with Gasteiger partial charge in [-0.15, -0.1) is 0 Å². The third kappa shape index (κ3) is 14.2. The Morgan fingerprint density at radius 1 is 0.756 bits per heavy atom. The van der Waals surface area contributed by atoms with Gasteiger partial charge in [0.05, 0.1) is 0 Å². The van der Waals surface area contributed by atoms with E-state index < -0.39 is 59.9 Å². The zero-order valence-corrected chi connectivity index (χ0v) is 24.3. The molecule has 0 heterocycles. The number of aliphatic carboxylic acids is 1. The van der Waals surface area contributed by atoms with E-state index in [9.17, 15) is 33.9 Å². The van der Waals surface area contributed by atoms with Crippen LogP contribution in [0.5, 0.6) is 0 Å². The van der Waals surface area contributed by atoms with Crippen LogP contribution in [-0.4, -0.2) is 65.0 Å².